The van der Waals surface area contributed by atoms with Crippen LogP contribution in [0.3, 0.4) is 0 Å². The Balaban J connectivity index is 3.12. The summed E-state index contributed by atoms with van der Waals surface area (Å²) in [6.45, 7) is 1.77. The van der Waals surface area contributed by atoms with Crippen LogP contribution >= 0.6 is 39.1 Å². The van der Waals surface area contributed by atoms with Gasteiger partial charge in [-0.1, -0.05) is 33.6 Å². The average molecular weight is 296 g/mol. The first-order chi connectivity index (χ1) is 6.56. The second-order valence-corrected chi connectivity index (χ2v) is 4.98. The van der Waals surface area contributed by atoms with Crippen LogP contribution in [0.1, 0.15) is 22.8 Å². The molecule has 0 fully saturated rings. The first kappa shape index (κ1) is 12.0. The Morgan fingerprint density at radius 1 is 1.57 bits per heavy atom. The molecule has 0 N–H and O–H groups in total. The minimum Gasteiger partial charge on any atom is -0.293 e. The number of halogens is 3. The third-order valence-electron chi connectivity index (χ3n) is 1.81. The highest BCUT2D eigenvalue weighted by Gasteiger charge is 2.15. The normalized spacial score (nSPS) is 12.6. The van der Waals surface area contributed by atoms with Crippen molar-refractivity contribution in [2.24, 2.45) is 0 Å². The van der Waals surface area contributed by atoms with Gasteiger partial charge in [0.15, 0.2) is 5.78 Å². The molecule has 1 aromatic rings. The standard InChI is InChI=1S/C10H9BrCl2O/c1-6(11)10(14)8-4-7(5-12)2-3-9(8)13/h2-4,6H,5H2,1H3. The van der Waals surface area contributed by atoms with E-state index in [-0.39, 0.29) is 10.6 Å². The summed E-state index contributed by atoms with van der Waals surface area (Å²) in [5.74, 6) is 0.357. The number of carbonyl (C=O) groups is 1. The maximum atomic E-state index is 11.7. The van der Waals surface area contributed by atoms with E-state index in [1.54, 1.807) is 19.1 Å². The maximum Gasteiger partial charge on any atom is 0.177 e. The second-order valence-electron chi connectivity index (χ2n) is 2.93. The summed E-state index contributed by atoms with van der Waals surface area (Å²) >= 11 is 14.8. The average Bonchev–Trinajstić information content (AvgIpc) is 2.17. The zero-order valence-corrected chi connectivity index (χ0v) is 10.7. The van der Waals surface area contributed by atoms with Gasteiger partial charge in [-0.25, -0.2) is 0 Å². The monoisotopic (exact) mass is 294 g/mol. The van der Waals surface area contributed by atoms with Gasteiger partial charge in [-0.3, -0.25) is 4.79 Å². The number of hydrogen-bond donors (Lipinski definition) is 0. The molecule has 76 valence electrons. The lowest BCUT2D eigenvalue weighted by Crippen LogP contribution is -2.10. The summed E-state index contributed by atoms with van der Waals surface area (Å²) < 4.78 is 0. The van der Waals surface area contributed by atoms with Gasteiger partial charge < -0.3 is 0 Å². The third-order valence-corrected chi connectivity index (χ3v) is 2.87. The fraction of sp³-hybridized carbons (Fsp3) is 0.300. The Labute approximate surface area is 102 Å². The van der Waals surface area contributed by atoms with Crippen molar-refractivity contribution in [2.75, 3.05) is 0 Å². The largest absolute Gasteiger partial charge is 0.293 e. The highest BCUT2D eigenvalue weighted by molar-refractivity contribution is 9.10. The molecule has 0 aliphatic carbocycles. The predicted octanol–water partition coefficient (Wildman–Crippen LogP) is 4.04. The maximum absolute atomic E-state index is 11.7. The molecule has 14 heavy (non-hydrogen) atoms. The zero-order valence-electron chi connectivity index (χ0n) is 7.56. The molecule has 1 rings (SSSR count). The number of Topliss-reactive ketones (excluding diaryl/α,β-unsaturated/α-hetero) is 1. The molecular weight excluding hydrogens is 287 g/mol. The number of hydrogen-bond acceptors (Lipinski definition) is 1. The molecule has 0 saturated carbocycles. The predicted molar refractivity (Wildman–Crippen MR) is 63.7 cm³/mol. The van der Waals surface area contributed by atoms with Crippen molar-refractivity contribution < 1.29 is 4.79 Å². The molecule has 0 aromatic heterocycles. The lowest BCUT2D eigenvalue weighted by molar-refractivity contribution is 0.0996. The zero-order chi connectivity index (χ0) is 10.7. The number of ketones is 1. The van der Waals surface area contributed by atoms with E-state index >= 15 is 0 Å². The molecule has 4 heteroatoms. The van der Waals surface area contributed by atoms with Crippen LogP contribution in [0.25, 0.3) is 0 Å². The minimum atomic E-state index is -0.231. The summed E-state index contributed by atoms with van der Waals surface area (Å²) in [6, 6.07) is 5.24. The van der Waals surface area contributed by atoms with Crippen molar-refractivity contribution in [3.8, 4) is 0 Å². The summed E-state index contributed by atoms with van der Waals surface area (Å²) in [4.78, 5) is 11.4. The Kier molecular flexibility index (Phi) is 4.42. The highest BCUT2D eigenvalue weighted by Crippen LogP contribution is 2.21. The van der Waals surface area contributed by atoms with Gasteiger partial charge in [0.1, 0.15) is 0 Å². The third kappa shape index (κ3) is 2.72. The fourth-order valence-corrected chi connectivity index (χ4v) is 1.68. The molecule has 1 aromatic carbocycles. The van der Waals surface area contributed by atoms with E-state index in [9.17, 15) is 4.79 Å². The first-order valence-corrected chi connectivity index (χ1v) is 5.91. The first-order valence-electron chi connectivity index (χ1n) is 4.09. The van der Waals surface area contributed by atoms with Crippen molar-refractivity contribution in [3.05, 3.63) is 34.3 Å². The fourth-order valence-electron chi connectivity index (χ4n) is 1.06. The Morgan fingerprint density at radius 3 is 2.71 bits per heavy atom. The molecule has 1 atom stereocenters. The van der Waals surface area contributed by atoms with Crippen LogP contribution in [0.4, 0.5) is 0 Å². The Bertz CT molecular complexity index is 350. The second kappa shape index (κ2) is 5.15. The highest BCUT2D eigenvalue weighted by atomic mass is 79.9. The molecule has 1 nitrogen and oxygen atoms in total. The SMILES string of the molecule is CC(Br)C(=O)c1cc(CCl)ccc1Cl. The van der Waals surface area contributed by atoms with E-state index in [2.05, 4.69) is 15.9 Å². The molecule has 0 saturated heterocycles. The van der Waals surface area contributed by atoms with Crippen molar-refractivity contribution in [2.45, 2.75) is 17.6 Å². The van der Waals surface area contributed by atoms with Gasteiger partial charge in [-0.2, -0.15) is 0 Å². The molecule has 0 aliphatic heterocycles. The van der Waals surface area contributed by atoms with Gasteiger partial charge >= 0.3 is 0 Å². The molecular formula is C10H9BrCl2O. The van der Waals surface area contributed by atoms with E-state index in [1.807, 2.05) is 6.07 Å². The number of carbonyl (C=O) groups excluding carboxylic acids is 1. The van der Waals surface area contributed by atoms with E-state index in [0.29, 0.717) is 16.5 Å². The molecule has 1 unspecified atom stereocenters. The lowest BCUT2D eigenvalue weighted by atomic mass is 10.1. The smallest absolute Gasteiger partial charge is 0.177 e. The Hall–Kier alpha value is -0.0500. The quantitative estimate of drug-likeness (QED) is 0.607. The summed E-state index contributed by atoms with van der Waals surface area (Å²) in [5, 5.41) is 0.468. The van der Waals surface area contributed by atoms with Crippen molar-refractivity contribution in [1.29, 1.82) is 0 Å². The van der Waals surface area contributed by atoms with Crippen LogP contribution in [0.15, 0.2) is 18.2 Å². The van der Waals surface area contributed by atoms with E-state index < -0.39 is 0 Å². The summed E-state index contributed by atoms with van der Waals surface area (Å²) in [7, 11) is 0. The molecule has 0 amide bonds. The Morgan fingerprint density at radius 2 is 2.21 bits per heavy atom. The van der Waals surface area contributed by atoms with Crippen LogP contribution in [0.5, 0.6) is 0 Å². The van der Waals surface area contributed by atoms with E-state index in [4.69, 9.17) is 23.2 Å². The number of alkyl halides is 2. The van der Waals surface area contributed by atoms with Crippen LogP contribution < -0.4 is 0 Å². The van der Waals surface area contributed by atoms with Gasteiger partial charge in [0.2, 0.25) is 0 Å². The molecule has 0 bridgehead atoms. The molecule has 0 radical (unpaired) electrons. The summed E-state index contributed by atoms with van der Waals surface area (Å²) in [5.41, 5.74) is 1.42. The van der Waals surface area contributed by atoms with Crippen molar-refractivity contribution in [3.63, 3.8) is 0 Å². The number of benzene rings is 1. The van der Waals surface area contributed by atoms with Crippen LogP contribution in [0.2, 0.25) is 5.02 Å². The van der Waals surface area contributed by atoms with Crippen LogP contribution in [-0.2, 0) is 5.88 Å². The topological polar surface area (TPSA) is 17.1 Å². The summed E-state index contributed by atoms with van der Waals surface area (Å²) in [6.07, 6.45) is 0. The van der Waals surface area contributed by atoms with E-state index in [0.717, 1.165) is 5.56 Å². The van der Waals surface area contributed by atoms with Crippen molar-refractivity contribution >= 4 is 44.9 Å². The van der Waals surface area contributed by atoms with E-state index in [1.165, 1.54) is 0 Å². The minimum absolute atomic E-state index is 0.0260. The molecule has 0 aliphatic rings. The van der Waals surface area contributed by atoms with Crippen LogP contribution in [-0.4, -0.2) is 10.6 Å². The van der Waals surface area contributed by atoms with Gasteiger partial charge in [0, 0.05) is 11.4 Å². The van der Waals surface area contributed by atoms with Gasteiger partial charge in [0.05, 0.1) is 9.85 Å². The molecule has 0 heterocycles. The van der Waals surface area contributed by atoms with Crippen molar-refractivity contribution in [1.82, 2.24) is 0 Å². The number of rotatable bonds is 3. The van der Waals surface area contributed by atoms with Gasteiger partial charge in [-0.15, -0.1) is 11.6 Å². The lowest BCUT2D eigenvalue weighted by Gasteiger charge is -2.06. The van der Waals surface area contributed by atoms with Gasteiger partial charge in [-0.05, 0) is 24.6 Å². The van der Waals surface area contributed by atoms with Crippen LogP contribution in [0, 0.1) is 0 Å². The molecule has 0 spiro atoms. The van der Waals surface area contributed by atoms with Gasteiger partial charge in [0.25, 0.3) is 0 Å².